The topological polar surface area (TPSA) is 109 Å². The van der Waals surface area contributed by atoms with Crippen molar-refractivity contribution in [2.45, 2.75) is 32.2 Å². The lowest BCUT2D eigenvalue weighted by atomic mass is 9.94. The predicted molar refractivity (Wildman–Crippen MR) is 107 cm³/mol. The Morgan fingerprint density at radius 1 is 1.21 bits per heavy atom. The van der Waals surface area contributed by atoms with Gasteiger partial charge in [-0.2, -0.15) is 5.10 Å². The third-order valence-electron chi connectivity index (χ3n) is 4.86. The number of benzene rings is 1. The highest BCUT2D eigenvalue weighted by atomic mass is 16.5. The van der Waals surface area contributed by atoms with Gasteiger partial charge in [-0.1, -0.05) is 0 Å². The summed E-state index contributed by atoms with van der Waals surface area (Å²) >= 11 is 0. The first-order valence-corrected chi connectivity index (χ1v) is 9.40. The van der Waals surface area contributed by atoms with Gasteiger partial charge in [-0.3, -0.25) is 19.7 Å². The van der Waals surface area contributed by atoms with Crippen molar-refractivity contribution in [1.82, 2.24) is 20.5 Å². The molecule has 0 fully saturated rings. The van der Waals surface area contributed by atoms with Crippen molar-refractivity contribution >= 4 is 17.5 Å². The maximum absolute atomic E-state index is 12.3. The fourth-order valence-corrected chi connectivity index (χ4v) is 3.35. The van der Waals surface area contributed by atoms with E-state index in [0.717, 1.165) is 24.1 Å². The van der Waals surface area contributed by atoms with E-state index in [2.05, 4.69) is 25.8 Å². The van der Waals surface area contributed by atoms with E-state index in [4.69, 9.17) is 4.74 Å². The minimum absolute atomic E-state index is 0.0850. The smallest absolute Gasteiger partial charge is 0.313 e. The van der Waals surface area contributed by atoms with E-state index in [-0.39, 0.29) is 6.04 Å². The number of H-pyrrole nitrogens is 1. The van der Waals surface area contributed by atoms with Crippen LogP contribution in [0.4, 0.5) is 5.69 Å². The number of nitrogens with zero attached hydrogens (tertiary/aromatic N) is 2. The van der Waals surface area contributed by atoms with Crippen LogP contribution in [0.25, 0.3) is 0 Å². The van der Waals surface area contributed by atoms with Crippen molar-refractivity contribution < 1.29 is 14.3 Å². The van der Waals surface area contributed by atoms with Crippen LogP contribution in [0, 0.1) is 6.92 Å². The van der Waals surface area contributed by atoms with Crippen molar-refractivity contribution in [2.75, 3.05) is 5.32 Å². The zero-order chi connectivity index (χ0) is 20.2. The lowest BCUT2D eigenvalue weighted by molar-refractivity contribution is -0.136. The number of ether oxygens (including phenoxy) is 1. The number of aryl methyl sites for hydroxylation is 2. The summed E-state index contributed by atoms with van der Waals surface area (Å²) in [6, 6.07) is 8.71. The highest BCUT2D eigenvalue weighted by molar-refractivity contribution is 6.39. The molecule has 29 heavy (non-hydrogen) atoms. The van der Waals surface area contributed by atoms with E-state index in [1.165, 1.54) is 5.56 Å². The molecule has 0 saturated heterocycles. The van der Waals surface area contributed by atoms with Crippen LogP contribution in [0.1, 0.15) is 23.2 Å². The Kier molecular flexibility index (Phi) is 5.24. The quantitative estimate of drug-likeness (QED) is 0.592. The molecule has 1 aliphatic carbocycles. The summed E-state index contributed by atoms with van der Waals surface area (Å²) < 4.78 is 5.78. The number of carbonyl (C=O) groups excluding carboxylic acids is 2. The van der Waals surface area contributed by atoms with Crippen LogP contribution in [-0.4, -0.2) is 33.0 Å². The van der Waals surface area contributed by atoms with Crippen LogP contribution in [0.3, 0.4) is 0 Å². The number of amides is 2. The summed E-state index contributed by atoms with van der Waals surface area (Å²) in [5.74, 6) is -0.0651. The van der Waals surface area contributed by atoms with Crippen molar-refractivity contribution in [3.05, 3.63) is 65.7 Å². The number of anilines is 1. The van der Waals surface area contributed by atoms with E-state index < -0.39 is 11.8 Å². The molecule has 148 valence electrons. The first-order valence-electron chi connectivity index (χ1n) is 9.40. The van der Waals surface area contributed by atoms with Gasteiger partial charge < -0.3 is 15.4 Å². The molecule has 1 atom stereocenters. The molecule has 0 aliphatic heterocycles. The Hall–Kier alpha value is -3.68. The van der Waals surface area contributed by atoms with E-state index in [1.807, 2.05) is 19.2 Å². The lowest BCUT2D eigenvalue weighted by Crippen LogP contribution is -2.44. The van der Waals surface area contributed by atoms with Crippen molar-refractivity contribution in [3.8, 4) is 11.5 Å². The Balaban J connectivity index is 1.34. The molecule has 1 aliphatic rings. The molecule has 2 amide bonds. The molecule has 0 unspecified atom stereocenters. The standard InChI is InChI=1S/C21H21N5O3/c1-13-9-15(6-7-19(13)29-17-3-2-8-22-12-17)24-20(27)21(28)25-16-5-4-14-11-23-26-18(14)10-16/h2-3,6-9,11-12,16H,4-5,10H2,1H3,(H,23,26)(H,24,27)(H,25,28)/t16-/m0/s1. The Bertz CT molecular complexity index is 1030. The normalized spacial score (nSPS) is 15.3. The second-order valence-electron chi connectivity index (χ2n) is 7.01. The van der Waals surface area contributed by atoms with E-state index in [9.17, 15) is 9.59 Å². The van der Waals surface area contributed by atoms with Crippen LogP contribution in [0.5, 0.6) is 11.5 Å². The second-order valence-corrected chi connectivity index (χ2v) is 7.01. The van der Waals surface area contributed by atoms with Gasteiger partial charge in [-0.25, -0.2) is 0 Å². The number of nitrogens with one attached hydrogen (secondary N) is 3. The monoisotopic (exact) mass is 391 g/mol. The highest BCUT2D eigenvalue weighted by Gasteiger charge is 2.24. The van der Waals surface area contributed by atoms with E-state index >= 15 is 0 Å². The molecule has 0 saturated carbocycles. The molecule has 2 heterocycles. The lowest BCUT2D eigenvalue weighted by Gasteiger charge is -2.22. The number of hydrogen-bond donors (Lipinski definition) is 3. The molecule has 4 rings (SSSR count). The summed E-state index contributed by atoms with van der Waals surface area (Å²) in [5.41, 5.74) is 3.54. The molecule has 0 spiro atoms. The number of rotatable bonds is 4. The number of carbonyl (C=O) groups is 2. The van der Waals surface area contributed by atoms with Crippen LogP contribution >= 0.6 is 0 Å². The number of hydrogen-bond acceptors (Lipinski definition) is 5. The van der Waals surface area contributed by atoms with Crippen LogP contribution in [0.2, 0.25) is 0 Å². The molecule has 0 radical (unpaired) electrons. The van der Waals surface area contributed by atoms with Gasteiger partial charge in [-0.15, -0.1) is 0 Å². The van der Waals surface area contributed by atoms with Crippen molar-refractivity contribution in [3.63, 3.8) is 0 Å². The SMILES string of the molecule is Cc1cc(NC(=O)C(=O)N[C@H]2CCc3cn[nH]c3C2)ccc1Oc1cccnc1. The molecule has 8 heteroatoms. The van der Waals surface area contributed by atoms with Crippen molar-refractivity contribution in [2.24, 2.45) is 0 Å². The molecule has 8 nitrogen and oxygen atoms in total. The number of fused-ring (bicyclic) bond motifs is 1. The van der Waals surface area contributed by atoms with E-state index in [0.29, 0.717) is 23.6 Å². The van der Waals surface area contributed by atoms with Crippen LogP contribution in [0.15, 0.2) is 48.9 Å². The van der Waals surface area contributed by atoms with Crippen LogP contribution < -0.4 is 15.4 Å². The average molecular weight is 391 g/mol. The zero-order valence-corrected chi connectivity index (χ0v) is 15.9. The highest BCUT2D eigenvalue weighted by Crippen LogP contribution is 2.26. The largest absolute Gasteiger partial charge is 0.455 e. The number of aromatic nitrogens is 3. The predicted octanol–water partition coefficient (Wildman–Crippen LogP) is 2.52. The first-order chi connectivity index (χ1) is 14.1. The van der Waals surface area contributed by atoms with Gasteiger partial charge in [0.1, 0.15) is 11.5 Å². The van der Waals surface area contributed by atoms with E-state index in [1.54, 1.807) is 36.7 Å². The van der Waals surface area contributed by atoms with Gasteiger partial charge in [0.25, 0.3) is 0 Å². The minimum atomic E-state index is -0.694. The van der Waals surface area contributed by atoms with Gasteiger partial charge in [0.2, 0.25) is 0 Å². The number of aromatic amines is 1. The molecule has 2 aromatic heterocycles. The third-order valence-corrected chi connectivity index (χ3v) is 4.86. The summed E-state index contributed by atoms with van der Waals surface area (Å²) in [5, 5.41) is 12.4. The molecular formula is C21H21N5O3. The fraction of sp³-hybridized carbons (Fsp3) is 0.238. The third kappa shape index (κ3) is 4.43. The van der Waals surface area contributed by atoms with Gasteiger partial charge in [0.15, 0.2) is 0 Å². The number of pyridine rings is 1. The summed E-state index contributed by atoms with van der Waals surface area (Å²) in [6.45, 7) is 1.87. The van der Waals surface area contributed by atoms with Gasteiger partial charge in [-0.05, 0) is 61.2 Å². The van der Waals surface area contributed by atoms with Crippen LogP contribution in [-0.2, 0) is 22.4 Å². The van der Waals surface area contributed by atoms with Gasteiger partial charge >= 0.3 is 11.8 Å². The summed E-state index contributed by atoms with van der Waals surface area (Å²) in [7, 11) is 0. The maximum Gasteiger partial charge on any atom is 0.313 e. The molecular weight excluding hydrogens is 370 g/mol. The van der Waals surface area contributed by atoms with Gasteiger partial charge in [0, 0.05) is 30.0 Å². The summed E-state index contributed by atoms with van der Waals surface area (Å²) in [6.07, 6.45) is 7.36. The maximum atomic E-state index is 12.3. The Morgan fingerprint density at radius 2 is 2.10 bits per heavy atom. The Labute approximate surface area is 167 Å². The molecule has 3 aromatic rings. The summed E-state index contributed by atoms with van der Waals surface area (Å²) in [4.78, 5) is 28.6. The van der Waals surface area contributed by atoms with Crippen molar-refractivity contribution in [1.29, 1.82) is 0 Å². The molecule has 3 N–H and O–H groups in total. The fourth-order valence-electron chi connectivity index (χ4n) is 3.35. The average Bonchev–Trinajstić information content (AvgIpc) is 3.18. The first kappa shape index (κ1) is 18.7. The second kappa shape index (κ2) is 8.14. The molecule has 1 aromatic carbocycles. The zero-order valence-electron chi connectivity index (χ0n) is 15.9. The van der Waals surface area contributed by atoms with Gasteiger partial charge in [0.05, 0.1) is 12.4 Å². The molecule has 0 bridgehead atoms. The minimum Gasteiger partial charge on any atom is -0.455 e. The Morgan fingerprint density at radius 3 is 2.90 bits per heavy atom.